The minimum Gasteiger partial charge on any atom is -0.507 e. The maximum Gasteiger partial charge on any atom is 0.300 e. The Hall–Kier alpha value is -2.89. The fraction of sp³-hybridized carbons (Fsp3) is 0.167. The van der Waals surface area contributed by atoms with Gasteiger partial charge in [0.1, 0.15) is 11.8 Å². The third-order valence-electron chi connectivity index (χ3n) is 5.33. The molecule has 0 radical (unpaired) electrons. The number of Topliss-reactive ketones (excluding diaryl/α,β-unsaturated/α-hetero) is 1. The number of rotatable bonds is 4. The third-order valence-corrected chi connectivity index (χ3v) is 6.66. The number of amides is 1. The molecule has 152 valence electrons. The van der Waals surface area contributed by atoms with Crippen molar-refractivity contribution >= 4 is 46.1 Å². The van der Waals surface area contributed by atoms with Gasteiger partial charge >= 0.3 is 0 Å². The lowest BCUT2D eigenvalue weighted by Crippen LogP contribution is -2.29. The molecule has 1 atom stereocenters. The van der Waals surface area contributed by atoms with Gasteiger partial charge in [0.25, 0.3) is 11.7 Å². The Kier molecular flexibility index (Phi) is 5.50. The number of halogens is 1. The van der Waals surface area contributed by atoms with Crippen molar-refractivity contribution in [3.8, 4) is 0 Å². The summed E-state index contributed by atoms with van der Waals surface area (Å²) >= 11 is 7.47. The summed E-state index contributed by atoms with van der Waals surface area (Å²) in [4.78, 5) is 28.4. The Balaban J connectivity index is 1.91. The fourth-order valence-corrected chi connectivity index (χ4v) is 4.82. The minimum atomic E-state index is -0.697. The lowest BCUT2D eigenvalue weighted by atomic mass is 9.97. The molecule has 4 rings (SSSR count). The van der Waals surface area contributed by atoms with Crippen LogP contribution in [0.4, 0.5) is 5.69 Å². The number of thiophene rings is 1. The molecule has 1 unspecified atom stereocenters. The lowest BCUT2D eigenvalue weighted by molar-refractivity contribution is -0.132. The molecule has 1 fully saturated rings. The van der Waals surface area contributed by atoms with Crippen LogP contribution < -0.4 is 4.90 Å². The molecule has 1 amide bonds. The van der Waals surface area contributed by atoms with Crippen LogP contribution in [0.5, 0.6) is 0 Å². The molecule has 0 bridgehead atoms. The number of hydrogen-bond donors (Lipinski definition) is 1. The first-order valence-corrected chi connectivity index (χ1v) is 10.9. The van der Waals surface area contributed by atoms with Crippen molar-refractivity contribution in [1.29, 1.82) is 0 Å². The second-order valence-electron chi connectivity index (χ2n) is 7.16. The molecule has 1 aliphatic heterocycles. The summed E-state index contributed by atoms with van der Waals surface area (Å²) in [6.07, 6.45) is 0.871. The summed E-state index contributed by atoms with van der Waals surface area (Å²) in [6.45, 7) is 3.98. The van der Waals surface area contributed by atoms with Gasteiger partial charge in [0.05, 0.1) is 5.57 Å². The number of aryl methyl sites for hydroxylation is 2. The van der Waals surface area contributed by atoms with Crippen molar-refractivity contribution in [3.05, 3.63) is 92.1 Å². The lowest BCUT2D eigenvalue weighted by Gasteiger charge is -2.25. The number of aliphatic hydroxyl groups excluding tert-OH is 1. The van der Waals surface area contributed by atoms with Crippen molar-refractivity contribution in [2.75, 3.05) is 4.90 Å². The van der Waals surface area contributed by atoms with E-state index in [9.17, 15) is 14.7 Å². The first kappa shape index (κ1) is 20.4. The number of carbonyl (C=O) groups excluding carboxylic acids is 2. The molecule has 0 saturated carbocycles. The van der Waals surface area contributed by atoms with E-state index in [0.29, 0.717) is 16.3 Å². The van der Waals surface area contributed by atoms with Crippen molar-refractivity contribution < 1.29 is 14.7 Å². The monoisotopic (exact) mass is 437 g/mol. The zero-order chi connectivity index (χ0) is 21.4. The maximum atomic E-state index is 13.1. The van der Waals surface area contributed by atoms with Gasteiger partial charge in [-0.1, -0.05) is 42.8 Å². The topological polar surface area (TPSA) is 57.6 Å². The van der Waals surface area contributed by atoms with Gasteiger partial charge in [-0.25, -0.2) is 0 Å². The van der Waals surface area contributed by atoms with E-state index in [-0.39, 0.29) is 11.3 Å². The standard InChI is InChI=1S/C24H20ClNO3S/c1-3-15-4-6-16(7-5-15)21(27)19-20(23-14(2)12-13-30-23)26(24(29)22(19)28)18-10-8-17(25)9-11-18/h4-13,20,27H,3H2,1-2H3/b21-19-. The van der Waals surface area contributed by atoms with Gasteiger partial charge in [0.2, 0.25) is 0 Å². The van der Waals surface area contributed by atoms with Crippen LogP contribution in [0.15, 0.2) is 65.6 Å². The summed E-state index contributed by atoms with van der Waals surface area (Å²) in [5.74, 6) is -1.52. The molecule has 6 heteroatoms. The Morgan fingerprint density at radius 3 is 2.30 bits per heavy atom. The Morgan fingerprint density at radius 2 is 1.73 bits per heavy atom. The zero-order valence-electron chi connectivity index (χ0n) is 16.6. The van der Waals surface area contributed by atoms with Gasteiger partial charge in [0, 0.05) is 21.2 Å². The smallest absolute Gasteiger partial charge is 0.300 e. The largest absolute Gasteiger partial charge is 0.507 e. The highest BCUT2D eigenvalue weighted by molar-refractivity contribution is 7.10. The summed E-state index contributed by atoms with van der Waals surface area (Å²) in [5, 5.41) is 13.6. The van der Waals surface area contributed by atoms with Crippen molar-refractivity contribution in [2.45, 2.75) is 26.3 Å². The van der Waals surface area contributed by atoms with Crippen molar-refractivity contribution in [2.24, 2.45) is 0 Å². The van der Waals surface area contributed by atoms with E-state index in [1.807, 2.05) is 37.4 Å². The van der Waals surface area contributed by atoms with E-state index in [2.05, 4.69) is 0 Å². The van der Waals surface area contributed by atoms with Gasteiger partial charge in [-0.05, 0) is 60.2 Å². The molecule has 4 nitrogen and oxygen atoms in total. The quantitative estimate of drug-likeness (QED) is 0.314. The molecule has 0 aliphatic carbocycles. The molecule has 1 aromatic heterocycles. The maximum absolute atomic E-state index is 13.1. The number of hydrogen-bond acceptors (Lipinski definition) is 4. The minimum absolute atomic E-state index is 0.102. The number of benzene rings is 2. The van der Waals surface area contributed by atoms with Gasteiger partial charge in [-0.2, -0.15) is 0 Å². The predicted molar refractivity (Wildman–Crippen MR) is 121 cm³/mol. The Bertz CT molecular complexity index is 1150. The molecule has 1 saturated heterocycles. The molecule has 1 N–H and O–H groups in total. The second-order valence-corrected chi connectivity index (χ2v) is 8.55. The SMILES string of the molecule is CCc1ccc(/C(O)=C2/C(=O)C(=O)N(c3ccc(Cl)cc3)C2c2sccc2C)cc1. The van der Waals surface area contributed by atoms with Crippen LogP contribution in [0.1, 0.15) is 34.5 Å². The van der Waals surface area contributed by atoms with Crippen LogP contribution in [0.2, 0.25) is 5.02 Å². The molecule has 3 aromatic rings. The molecule has 0 spiro atoms. The fourth-order valence-electron chi connectivity index (χ4n) is 3.67. The van der Waals surface area contributed by atoms with E-state index < -0.39 is 17.7 Å². The van der Waals surface area contributed by atoms with Gasteiger partial charge < -0.3 is 5.11 Å². The number of aliphatic hydroxyl groups is 1. The summed E-state index contributed by atoms with van der Waals surface area (Å²) in [7, 11) is 0. The summed E-state index contributed by atoms with van der Waals surface area (Å²) < 4.78 is 0. The summed E-state index contributed by atoms with van der Waals surface area (Å²) in [5.41, 5.74) is 3.25. The van der Waals surface area contributed by atoms with E-state index in [1.165, 1.54) is 16.2 Å². The molecular formula is C24H20ClNO3S. The predicted octanol–water partition coefficient (Wildman–Crippen LogP) is 5.90. The highest BCUT2D eigenvalue weighted by Gasteiger charge is 2.47. The number of ketones is 1. The molecule has 2 heterocycles. The molecule has 2 aromatic carbocycles. The molecule has 30 heavy (non-hydrogen) atoms. The average molecular weight is 438 g/mol. The van der Waals surface area contributed by atoms with Gasteiger partial charge in [0.15, 0.2) is 0 Å². The molecular weight excluding hydrogens is 418 g/mol. The van der Waals surface area contributed by atoms with E-state index in [0.717, 1.165) is 22.4 Å². The van der Waals surface area contributed by atoms with E-state index in [4.69, 9.17) is 11.6 Å². The van der Waals surface area contributed by atoms with E-state index in [1.54, 1.807) is 36.4 Å². The van der Waals surface area contributed by atoms with Crippen LogP contribution in [0.25, 0.3) is 5.76 Å². The van der Waals surface area contributed by atoms with Crippen LogP contribution in [0.3, 0.4) is 0 Å². The van der Waals surface area contributed by atoms with Crippen LogP contribution in [-0.4, -0.2) is 16.8 Å². The average Bonchev–Trinajstić information content (AvgIpc) is 3.29. The number of anilines is 1. The van der Waals surface area contributed by atoms with Crippen molar-refractivity contribution in [1.82, 2.24) is 0 Å². The highest BCUT2D eigenvalue weighted by atomic mass is 35.5. The first-order chi connectivity index (χ1) is 14.4. The van der Waals surface area contributed by atoms with Gasteiger partial charge in [-0.15, -0.1) is 11.3 Å². The zero-order valence-corrected chi connectivity index (χ0v) is 18.1. The molecule has 1 aliphatic rings. The van der Waals surface area contributed by atoms with Crippen LogP contribution in [-0.2, 0) is 16.0 Å². The van der Waals surface area contributed by atoms with E-state index >= 15 is 0 Å². The van der Waals surface area contributed by atoms with Crippen LogP contribution in [0, 0.1) is 6.92 Å². The number of carbonyl (C=O) groups is 2. The second kappa shape index (κ2) is 8.09. The Morgan fingerprint density at radius 1 is 1.07 bits per heavy atom. The number of nitrogens with zero attached hydrogens (tertiary/aromatic N) is 1. The summed E-state index contributed by atoms with van der Waals surface area (Å²) in [6, 6.07) is 15.4. The van der Waals surface area contributed by atoms with Crippen molar-refractivity contribution in [3.63, 3.8) is 0 Å². The highest BCUT2D eigenvalue weighted by Crippen LogP contribution is 2.44. The first-order valence-electron chi connectivity index (χ1n) is 9.62. The van der Waals surface area contributed by atoms with Gasteiger partial charge in [-0.3, -0.25) is 14.5 Å². The normalized spacial score (nSPS) is 18.2. The Labute approximate surface area is 184 Å². The van der Waals surface area contributed by atoms with Crippen LogP contribution >= 0.6 is 22.9 Å². The third kappa shape index (κ3) is 3.44.